The van der Waals surface area contributed by atoms with Gasteiger partial charge in [0.25, 0.3) is 0 Å². The summed E-state index contributed by atoms with van der Waals surface area (Å²) in [5.41, 5.74) is 1.07. The van der Waals surface area contributed by atoms with Gasteiger partial charge in [0.15, 0.2) is 0 Å². The largest absolute Gasteiger partial charge is 0.310 e. The second-order valence-electron chi connectivity index (χ2n) is 3.77. The van der Waals surface area contributed by atoms with Gasteiger partial charge in [-0.05, 0) is 28.9 Å². The highest BCUT2D eigenvalue weighted by Crippen LogP contribution is 2.12. The van der Waals surface area contributed by atoms with Crippen LogP contribution in [0, 0.1) is 0 Å². The van der Waals surface area contributed by atoms with E-state index in [4.69, 9.17) is 0 Å². The Morgan fingerprint density at radius 1 is 1.53 bits per heavy atom. The van der Waals surface area contributed by atoms with Crippen molar-refractivity contribution in [2.75, 3.05) is 6.54 Å². The van der Waals surface area contributed by atoms with Gasteiger partial charge in [-0.2, -0.15) is 5.10 Å². The third-order valence-electron chi connectivity index (χ3n) is 2.23. The lowest BCUT2D eigenvalue weighted by Crippen LogP contribution is -2.13. The van der Waals surface area contributed by atoms with E-state index in [1.54, 1.807) is 17.5 Å². The first kappa shape index (κ1) is 12.7. The normalized spacial score (nSPS) is 10.9. The Kier molecular flexibility index (Phi) is 4.70. The van der Waals surface area contributed by atoms with Crippen LogP contribution in [-0.2, 0) is 13.1 Å². The maximum Gasteiger partial charge on any atom is 0.107 e. The minimum Gasteiger partial charge on any atom is -0.310 e. The van der Waals surface area contributed by atoms with Gasteiger partial charge in [0, 0.05) is 18.1 Å². The molecule has 0 bridgehead atoms. The molecule has 0 spiro atoms. The molecule has 17 heavy (non-hydrogen) atoms. The van der Waals surface area contributed by atoms with Crippen molar-refractivity contribution in [3.8, 4) is 0 Å². The molecule has 0 fully saturated rings. The molecule has 0 aliphatic heterocycles. The minimum atomic E-state index is 0.732. The molecule has 6 heteroatoms. The fourth-order valence-corrected chi connectivity index (χ4v) is 2.55. The molecule has 92 valence electrons. The maximum atomic E-state index is 4.57. The number of halogens is 1. The van der Waals surface area contributed by atoms with E-state index in [-0.39, 0.29) is 0 Å². The van der Waals surface area contributed by atoms with Crippen molar-refractivity contribution in [2.45, 2.75) is 26.4 Å². The molecule has 1 N–H and O–H groups in total. The summed E-state index contributed by atoms with van der Waals surface area (Å²) >= 11 is 5.08. The molecule has 2 rings (SSSR count). The highest BCUT2D eigenvalue weighted by molar-refractivity contribution is 9.10. The van der Waals surface area contributed by atoms with Gasteiger partial charge in [-0.3, -0.25) is 4.68 Å². The van der Waals surface area contributed by atoms with Gasteiger partial charge in [-0.1, -0.05) is 6.92 Å². The lowest BCUT2D eigenvalue weighted by atomic mass is 10.4. The number of nitrogens with zero attached hydrogens (tertiary/aromatic N) is 3. The van der Waals surface area contributed by atoms with Gasteiger partial charge in [0.2, 0.25) is 0 Å². The van der Waals surface area contributed by atoms with Crippen LogP contribution < -0.4 is 5.32 Å². The van der Waals surface area contributed by atoms with Crippen LogP contribution in [0.4, 0.5) is 0 Å². The molecule has 2 heterocycles. The van der Waals surface area contributed by atoms with Crippen molar-refractivity contribution in [1.82, 2.24) is 20.1 Å². The third kappa shape index (κ3) is 3.90. The number of nitrogens with one attached hydrogen (secondary N) is 1. The quantitative estimate of drug-likeness (QED) is 0.834. The topological polar surface area (TPSA) is 42.7 Å². The van der Waals surface area contributed by atoms with Crippen LogP contribution in [0.25, 0.3) is 0 Å². The van der Waals surface area contributed by atoms with Crippen LogP contribution in [0.2, 0.25) is 0 Å². The van der Waals surface area contributed by atoms with Gasteiger partial charge in [0.05, 0.1) is 22.9 Å². The molecule has 0 aliphatic rings. The molecule has 0 aliphatic carbocycles. The average Bonchev–Trinajstić information content (AvgIpc) is 2.90. The van der Waals surface area contributed by atoms with Crippen molar-refractivity contribution in [1.29, 1.82) is 0 Å². The monoisotopic (exact) mass is 314 g/mol. The zero-order chi connectivity index (χ0) is 12.1. The maximum absolute atomic E-state index is 4.57. The molecule has 0 saturated heterocycles. The van der Waals surface area contributed by atoms with E-state index in [0.29, 0.717) is 0 Å². The Morgan fingerprint density at radius 3 is 3.12 bits per heavy atom. The molecule has 0 atom stereocenters. The van der Waals surface area contributed by atoms with E-state index < -0.39 is 0 Å². The van der Waals surface area contributed by atoms with Crippen LogP contribution in [0.1, 0.15) is 24.0 Å². The van der Waals surface area contributed by atoms with Gasteiger partial charge >= 0.3 is 0 Å². The molecule has 0 saturated carbocycles. The van der Waals surface area contributed by atoms with Crippen LogP contribution in [0.15, 0.2) is 22.2 Å². The summed E-state index contributed by atoms with van der Waals surface area (Å²) in [4.78, 5) is 4.57. The van der Waals surface area contributed by atoms with Gasteiger partial charge in [-0.25, -0.2) is 4.98 Å². The second-order valence-corrected chi connectivity index (χ2v) is 5.62. The van der Waals surface area contributed by atoms with Crippen molar-refractivity contribution >= 4 is 27.3 Å². The fraction of sp³-hybridized carbons (Fsp3) is 0.455. The predicted molar refractivity (Wildman–Crippen MR) is 73.1 cm³/mol. The van der Waals surface area contributed by atoms with E-state index >= 15 is 0 Å². The average molecular weight is 315 g/mol. The second kappa shape index (κ2) is 6.28. The number of hydrogen-bond donors (Lipinski definition) is 1. The molecule has 2 aromatic rings. The predicted octanol–water partition coefficient (Wildman–Crippen LogP) is 2.65. The summed E-state index contributed by atoms with van der Waals surface area (Å²) in [6, 6.07) is 0. The summed E-state index contributed by atoms with van der Waals surface area (Å²) in [5, 5.41) is 10.8. The molecular formula is C11H15BrN4S. The number of rotatable bonds is 6. The highest BCUT2D eigenvalue weighted by atomic mass is 79.9. The molecule has 0 amide bonds. The number of thiazole rings is 1. The number of aromatic nitrogens is 3. The zero-order valence-corrected chi connectivity index (χ0v) is 12.1. The van der Waals surface area contributed by atoms with Crippen LogP contribution >= 0.6 is 27.3 Å². The standard InChI is InChI=1S/C11H15BrN4S/c1-2-3-13-5-11-15-10(8-17-11)7-16-6-9(12)4-14-16/h4,6,8,13H,2-3,5,7H2,1H3. The Morgan fingerprint density at radius 2 is 2.41 bits per heavy atom. The van der Waals surface area contributed by atoms with E-state index in [9.17, 15) is 0 Å². The summed E-state index contributed by atoms with van der Waals surface area (Å²) in [5.74, 6) is 0. The summed E-state index contributed by atoms with van der Waals surface area (Å²) in [7, 11) is 0. The van der Waals surface area contributed by atoms with E-state index in [1.165, 1.54) is 0 Å². The molecule has 2 aromatic heterocycles. The van der Waals surface area contributed by atoms with Gasteiger partial charge in [-0.15, -0.1) is 11.3 Å². The first-order valence-electron chi connectivity index (χ1n) is 5.60. The number of hydrogen-bond acceptors (Lipinski definition) is 4. The van der Waals surface area contributed by atoms with Crippen LogP contribution in [-0.4, -0.2) is 21.3 Å². The van der Waals surface area contributed by atoms with Crippen molar-refractivity contribution in [2.24, 2.45) is 0 Å². The lowest BCUT2D eigenvalue weighted by Gasteiger charge is -1.98. The molecule has 4 nitrogen and oxygen atoms in total. The van der Waals surface area contributed by atoms with E-state index in [2.05, 4.69) is 43.6 Å². The molecule has 0 radical (unpaired) electrons. The molecule has 0 aromatic carbocycles. The Bertz CT molecular complexity index is 465. The van der Waals surface area contributed by atoms with Crippen molar-refractivity contribution < 1.29 is 0 Å². The first-order chi connectivity index (χ1) is 8.28. The van der Waals surface area contributed by atoms with Crippen molar-refractivity contribution in [3.05, 3.63) is 32.9 Å². The fourth-order valence-electron chi connectivity index (χ4n) is 1.47. The van der Waals surface area contributed by atoms with E-state index in [0.717, 1.165) is 41.2 Å². The van der Waals surface area contributed by atoms with E-state index in [1.807, 2.05) is 10.9 Å². The first-order valence-corrected chi connectivity index (χ1v) is 7.27. The third-order valence-corrected chi connectivity index (χ3v) is 3.54. The van der Waals surface area contributed by atoms with Gasteiger partial charge in [0.1, 0.15) is 5.01 Å². The smallest absolute Gasteiger partial charge is 0.107 e. The molecular weight excluding hydrogens is 300 g/mol. The summed E-state index contributed by atoms with van der Waals surface area (Å²) < 4.78 is 2.88. The van der Waals surface area contributed by atoms with Gasteiger partial charge < -0.3 is 5.32 Å². The van der Waals surface area contributed by atoms with Crippen LogP contribution in [0.5, 0.6) is 0 Å². The summed E-state index contributed by atoms with van der Waals surface area (Å²) in [6.07, 6.45) is 4.89. The Balaban J connectivity index is 1.89. The Labute approximate surface area is 113 Å². The lowest BCUT2D eigenvalue weighted by molar-refractivity contribution is 0.656. The molecule has 0 unspecified atom stereocenters. The highest BCUT2D eigenvalue weighted by Gasteiger charge is 2.03. The Hall–Kier alpha value is -0.720. The zero-order valence-electron chi connectivity index (χ0n) is 9.69. The minimum absolute atomic E-state index is 0.732. The summed E-state index contributed by atoms with van der Waals surface area (Å²) in [6.45, 7) is 4.80. The van der Waals surface area contributed by atoms with Crippen LogP contribution in [0.3, 0.4) is 0 Å². The van der Waals surface area contributed by atoms with Crippen molar-refractivity contribution in [3.63, 3.8) is 0 Å². The SMILES string of the molecule is CCCNCc1nc(Cn2cc(Br)cn2)cs1.